The van der Waals surface area contributed by atoms with Crippen LogP contribution >= 0.6 is 0 Å². The summed E-state index contributed by atoms with van der Waals surface area (Å²) in [7, 11) is 3.30. The molecule has 0 atom stereocenters. The number of aromatic nitrogens is 2. The molecule has 2 aromatic rings. The Bertz CT molecular complexity index is 531. The van der Waals surface area contributed by atoms with E-state index in [-0.39, 0.29) is 5.82 Å². The van der Waals surface area contributed by atoms with E-state index in [0.29, 0.717) is 22.8 Å². The third kappa shape index (κ3) is 2.33. The molecule has 1 heterocycles. The number of anilines is 1. The average Bonchev–Trinajstić information content (AvgIpc) is 2.39. The lowest BCUT2D eigenvalue weighted by molar-refractivity contribution is 0.415. The van der Waals surface area contributed by atoms with Crippen molar-refractivity contribution >= 4 is 5.82 Å². The first-order valence-electron chi connectivity index (χ1n) is 5.08. The third-order valence-electron chi connectivity index (χ3n) is 2.36. The van der Waals surface area contributed by atoms with E-state index in [1.165, 1.54) is 25.6 Å². The molecule has 0 saturated heterocycles. The van der Waals surface area contributed by atoms with E-state index in [9.17, 15) is 4.39 Å². The lowest BCUT2D eigenvalue weighted by Crippen LogP contribution is -1.96. The summed E-state index contributed by atoms with van der Waals surface area (Å²) < 4.78 is 18.4. The molecule has 0 bridgehead atoms. The van der Waals surface area contributed by atoms with Crippen molar-refractivity contribution in [3.63, 3.8) is 0 Å². The number of halogens is 1. The van der Waals surface area contributed by atoms with E-state index >= 15 is 0 Å². The Hall–Kier alpha value is -2.17. The van der Waals surface area contributed by atoms with Crippen LogP contribution in [0.25, 0.3) is 11.3 Å². The van der Waals surface area contributed by atoms with Crippen molar-refractivity contribution in [2.24, 2.45) is 0 Å². The molecule has 4 nitrogen and oxygen atoms in total. The molecular weight excluding hydrogens is 221 g/mol. The molecule has 0 unspecified atom stereocenters. The van der Waals surface area contributed by atoms with Crippen LogP contribution in [-0.4, -0.2) is 24.1 Å². The predicted molar refractivity (Wildman–Crippen MR) is 63.5 cm³/mol. The molecule has 1 aromatic heterocycles. The van der Waals surface area contributed by atoms with E-state index in [1.54, 1.807) is 19.2 Å². The van der Waals surface area contributed by atoms with Crippen molar-refractivity contribution < 1.29 is 9.13 Å². The van der Waals surface area contributed by atoms with Gasteiger partial charge in [0, 0.05) is 18.7 Å². The Morgan fingerprint density at radius 2 is 2.06 bits per heavy atom. The van der Waals surface area contributed by atoms with Gasteiger partial charge in [-0.2, -0.15) is 0 Å². The average molecular weight is 233 g/mol. The predicted octanol–water partition coefficient (Wildman–Crippen LogP) is 2.33. The molecular formula is C12H12FN3O. The standard InChI is InChI=1S/C12H12FN3O/c1-14-12-6-10(15-7-16-12)9-5-8(13)3-4-11(9)17-2/h3-7H,1-2H3,(H,14,15,16). The van der Waals surface area contributed by atoms with Gasteiger partial charge < -0.3 is 10.1 Å². The van der Waals surface area contributed by atoms with Gasteiger partial charge in [0.1, 0.15) is 23.7 Å². The molecule has 0 saturated carbocycles. The van der Waals surface area contributed by atoms with E-state index in [4.69, 9.17) is 4.74 Å². The number of ether oxygens (including phenoxy) is 1. The summed E-state index contributed by atoms with van der Waals surface area (Å²) >= 11 is 0. The molecule has 0 radical (unpaired) electrons. The minimum Gasteiger partial charge on any atom is -0.496 e. The van der Waals surface area contributed by atoms with Gasteiger partial charge in [-0.25, -0.2) is 14.4 Å². The van der Waals surface area contributed by atoms with Gasteiger partial charge in [-0.3, -0.25) is 0 Å². The minimum atomic E-state index is -0.328. The monoisotopic (exact) mass is 233 g/mol. The highest BCUT2D eigenvalue weighted by Crippen LogP contribution is 2.29. The van der Waals surface area contributed by atoms with Crippen molar-refractivity contribution in [3.05, 3.63) is 36.4 Å². The molecule has 0 aliphatic carbocycles. The molecule has 5 heteroatoms. The van der Waals surface area contributed by atoms with Crippen LogP contribution in [0.1, 0.15) is 0 Å². The van der Waals surface area contributed by atoms with Crippen LogP contribution in [0.15, 0.2) is 30.6 Å². The first kappa shape index (κ1) is 11.3. The summed E-state index contributed by atoms with van der Waals surface area (Å²) in [5, 5.41) is 2.90. The lowest BCUT2D eigenvalue weighted by Gasteiger charge is -2.08. The Balaban J connectivity index is 2.54. The fraction of sp³-hybridized carbons (Fsp3) is 0.167. The van der Waals surface area contributed by atoms with Crippen molar-refractivity contribution in [1.82, 2.24) is 9.97 Å². The summed E-state index contributed by atoms with van der Waals surface area (Å²) in [5.41, 5.74) is 1.21. The fourth-order valence-electron chi connectivity index (χ4n) is 1.52. The zero-order valence-corrected chi connectivity index (χ0v) is 9.57. The number of nitrogens with zero attached hydrogens (tertiary/aromatic N) is 2. The molecule has 0 aliphatic heterocycles. The maximum absolute atomic E-state index is 13.2. The molecule has 0 aliphatic rings. The largest absolute Gasteiger partial charge is 0.496 e. The Kier molecular flexibility index (Phi) is 3.18. The highest BCUT2D eigenvalue weighted by molar-refractivity contribution is 5.69. The fourth-order valence-corrected chi connectivity index (χ4v) is 1.52. The summed E-state index contributed by atoms with van der Waals surface area (Å²) in [6.07, 6.45) is 1.42. The quantitative estimate of drug-likeness (QED) is 0.883. The summed E-state index contributed by atoms with van der Waals surface area (Å²) in [6.45, 7) is 0. The minimum absolute atomic E-state index is 0.328. The van der Waals surface area contributed by atoms with Gasteiger partial charge in [0.25, 0.3) is 0 Å². The smallest absolute Gasteiger partial charge is 0.129 e. The van der Waals surface area contributed by atoms with Crippen molar-refractivity contribution in [3.8, 4) is 17.0 Å². The number of benzene rings is 1. The van der Waals surface area contributed by atoms with Gasteiger partial charge in [-0.15, -0.1) is 0 Å². The summed E-state index contributed by atoms with van der Waals surface area (Å²) in [6, 6.07) is 6.05. The molecule has 2 rings (SSSR count). The maximum atomic E-state index is 13.2. The highest BCUT2D eigenvalue weighted by Gasteiger charge is 2.09. The second-order valence-electron chi connectivity index (χ2n) is 3.38. The normalized spacial score (nSPS) is 10.1. The van der Waals surface area contributed by atoms with Gasteiger partial charge >= 0.3 is 0 Å². The molecule has 0 amide bonds. The zero-order chi connectivity index (χ0) is 12.3. The van der Waals surface area contributed by atoms with Gasteiger partial charge in [-0.1, -0.05) is 0 Å². The van der Waals surface area contributed by atoms with Crippen LogP contribution in [0.3, 0.4) is 0 Å². The molecule has 88 valence electrons. The van der Waals surface area contributed by atoms with Crippen molar-refractivity contribution in [2.45, 2.75) is 0 Å². The maximum Gasteiger partial charge on any atom is 0.129 e. The topological polar surface area (TPSA) is 47.0 Å². The summed E-state index contributed by atoms with van der Waals surface area (Å²) in [4.78, 5) is 8.11. The number of hydrogen-bond donors (Lipinski definition) is 1. The van der Waals surface area contributed by atoms with Crippen LogP contribution in [-0.2, 0) is 0 Å². The Morgan fingerprint density at radius 1 is 1.24 bits per heavy atom. The highest BCUT2D eigenvalue weighted by atomic mass is 19.1. The lowest BCUT2D eigenvalue weighted by atomic mass is 10.1. The molecule has 17 heavy (non-hydrogen) atoms. The van der Waals surface area contributed by atoms with Crippen LogP contribution in [0, 0.1) is 5.82 Å². The van der Waals surface area contributed by atoms with Gasteiger partial charge in [0.05, 0.1) is 12.8 Å². The van der Waals surface area contributed by atoms with Gasteiger partial charge in [-0.05, 0) is 18.2 Å². The number of hydrogen-bond acceptors (Lipinski definition) is 4. The van der Waals surface area contributed by atoms with Crippen molar-refractivity contribution in [1.29, 1.82) is 0 Å². The molecule has 1 N–H and O–H groups in total. The number of rotatable bonds is 3. The molecule has 0 spiro atoms. The zero-order valence-electron chi connectivity index (χ0n) is 9.57. The van der Waals surface area contributed by atoms with Gasteiger partial charge in [0.2, 0.25) is 0 Å². The van der Waals surface area contributed by atoms with Crippen molar-refractivity contribution in [2.75, 3.05) is 19.5 Å². The summed E-state index contributed by atoms with van der Waals surface area (Å²) in [5.74, 6) is 0.916. The second-order valence-corrected chi connectivity index (χ2v) is 3.38. The molecule has 1 aromatic carbocycles. The van der Waals surface area contributed by atoms with E-state index in [0.717, 1.165) is 0 Å². The third-order valence-corrected chi connectivity index (χ3v) is 2.36. The SMILES string of the molecule is CNc1cc(-c2cc(F)ccc2OC)ncn1. The number of nitrogens with one attached hydrogen (secondary N) is 1. The second kappa shape index (κ2) is 4.78. The van der Waals surface area contributed by atoms with Crippen LogP contribution in [0.5, 0.6) is 5.75 Å². The van der Waals surface area contributed by atoms with Crippen LogP contribution in [0.2, 0.25) is 0 Å². The Morgan fingerprint density at radius 3 is 2.76 bits per heavy atom. The first-order valence-corrected chi connectivity index (χ1v) is 5.08. The van der Waals surface area contributed by atoms with E-state index in [2.05, 4.69) is 15.3 Å². The van der Waals surface area contributed by atoms with E-state index < -0.39 is 0 Å². The first-order chi connectivity index (χ1) is 8.24. The van der Waals surface area contributed by atoms with Crippen LogP contribution in [0.4, 0.5) is 10.2 Å². The Labute approximate surface area is 98.5 Å². The van der Waals surface area contributed by atoms with E-state index in [1.807, 2.05) is 0 Å². The number of methoxy groups -OCH3 is 1. The van der Waals surface area contributed by atoms with Gasteiger partial charge in [0.15, 0.2) is 0 Å². The van der Waals surface area contributed by atoms with Crippen LogP contribution < -0.4 is 10.1 Å². The molecule has 0 fully saturated rings.